The van der Waals surface area contributed by atoms with Crippen LogP contribution in [0.4, 0.5) is 11.6 Å². The van der Waals surface area contributed by atoms with E-state index in [2.05, 4.69) is 37.9 Å². The van der Waals surface area contributed by atoms with Crippen LogP contribution in [0, 0.1) is 12.8 Å². The van der Waals surface area contributed by atoms with E-state index in [1.54, 1.807) is 17.8 Å². The first-order valence-electron chi connectivity index (χ1n) is 8.70. The number of amides is 1. The molecule has 7 heteroatoms. The molecule has 0 spiro atoms. The number of aromatic nitrogens is 4. The van der Waals surface area contributed by atoms with Crippen LogP contribution in [0.1, 0.15) is 37.8 Å². The van der Waals surface area contributed by atoms with Crippen molar-refractivity contribution >= 4 is 17.5 Å². The molecule has 0 radical (unpaired) electrons. The Balaban J connectivity index is 1.80. The van der Waals surface area contributed by atoms with Crippen LogP contribution >= 0.6 is 0 Å². The third kappa shape index (κ3) is 4.23. The Kier molecular flexibility index (Phi) is 5.42. The minimum absolute atomic E-state index is 0.0341. The van der Waals surface area contributed by atoms with Gasteiger partial charge < -0.3 is 10.6 Å². The highest BCUT2D eigenvalue weighted by Crippen LogP contribution is 2.22. The Hall–Kier alpha value is -2.70. The fraction of sp³-hybridized carbons (Fsp3) is 0.444. The van der Waals surface area contributed by atoms with Crippen molar-refractivity contribution in [2.45, 2.75) is 39.0 Å². The summed E-state index contributed by atoms with van der Waals surface area (Å²) >= 11 is 0. The predicted molar refractivity (Wildman–Crippen MR) is 97.8 cm³/mol. The Bertz CT molecular complexity index is 767. The minimum Gasteiger partial charge on any atom is -0.373 e. The Morgan fingerprint density at radius 1 is 1.20 bits per heavy atom. The maximum absolute atomic E-state index is 12.7. The molecule has 1 atom stereocenters. The quantitative estimate of drug-likeness (QED) is 0.836. The SMILES string of the molecule is CNc1cc(-n2nc(C)cc2NC(=O)C2CCC=CCCC2)ncn1. The zero-order chi connectivity index (χ0) is 17.6. The molecule has 1 aliphatic rings. The van der Waals surface area contributed by atoms with Crippen LogP contribution in [-0.4, -0.2) is 32.7 Å². The smallest absolute Gasteiger partial charge is 0.228 e. The molecule has 1 amide bonds. The monoisotopic (exact) mass is 340 g/mol. The summed E-state index contributed by atoms with van der Waals surface area (Å²) in [6.45, 7) is 1.90. The molecule has 1 unspecified atom stereocenters. The van der Waals surface area contributed by atoms with Crippen molar-refractivity contribution in [2.24, 2.45) is 5.92 Å². The molecule has 25 heavy (non-hydrogen) atoms. The summed E-state index contributed by atoms with van der Waals surface area (Å²) in [5, 5.41) is 10.5. The second kappa shape index (κ2) is 7.92. The number of hydrogen-bond acceptors (Lipinski definition) is 5. The molecule has 0 saturated heterocycles. The molecule has 0 fully saturated rings. The van der Waals surface area contributed by atoms with Crippen LogP contribution < -0.4 is 10.6 Å². The highest BCUT2D eigenvalue weighted by molar-refractivity contribution is 5.92. The van der Waals surface area contributed by atoms with Crippen molar-refractivity contribution in [1.82, 2.24) is 19.7 Å². The van der Waals surface area contributed by atoms with Crippen molar-refractivity contribution < 1.29 is 4.79 Å². The van der Waals surface area contributed by atoms with E-state index in [4.69, 9.17) is 0 Å². The third-order valence-corrected chi connectivity index (χ3v) is 4.35. The summed E-state index contributed by atoms with van der Waals surface area (Å²) in [7, 11) is 1.80. The lowest BCUT2D eigenvalue weighted by molar-refractivity contribution is -0.120. The Labute approximate surface area is 147 Å². The summed E-state index contributed by atoms with van der Waals surface area (Å²) in [6.07, 6.45) is 10.7. The molecule has 132 valence electrons. The predicted octanol–water partition coefficient (Wildman–Crippen LogP) is 3.09. The number of nitrogens with zero attached hydrogens (tertiary/aromatic N) is 4. The molecule has 7 nitrogen and oxygen atoms in total. The molecule has 2 aromatic heterocycles. The van der Waals surface area contributed by atoms with Gasteiger partial charge in [-0.15, -0.1) is 0 Å². The van der Waals surface area contributed by atoms with Gasteiger partial charge in [-0.05, 0) is 39.0 Å². The lowest BCUT2D eigenvalue weighted by Gasteiger charge is -2.17. The van der Waals surface area contributed by atoms with E-state index in [0.29, 0.717) is 17.5 Å². The summed E-state index contributed by atoms with van der Waals surface area (Å²) in [4.78, 5) is 21.1. The average Bonchev–Trinajstić information content (AvgIpc) is 2.95. The number of nitrogens with one attached hydrogen (secondary N) is 2. The molecule has 2 N–H and O–H groups in total. The largest absolute Gasteiger partial charge is 0.373 e. The lowest BCUT2D eigenvalue weighted by Crippen LogP contribution is -2.24. The zero-order valence-corrected chi connectivity index (χ0v) is 14.7. The Morgan fingerprint density at radius 3 is 2.88 bits per heavy atom. The standard InChI is InChI=1S/C18H24N6O/c1-13-10-17(22-18(25)14-8-6-4-3-5-7-9-14)24(23-13)16-11-15(19-2)20-12-21-16/h3-4,10-12,14H,5-9H2,1-2H3,(H,22,25)(H,19,20,21). The first-order chi connectivity index (χ1) is 12.2. The molecule has 0 aromatic carbocycles. The van der Waals surface area contributed by atoms with Crippen LogP contribution in [0.25, 0.3) is 5.82 Å². The molecule has 2 aromatic rings. The maximum atomic E-state index is 12.7. The topological polar surface area (TPSA) is 84.7 Å². The zero-order valence-electron chi connectivity index (χ0n) is 14.7. The van der Waals surface area contributed by atoms with Crippen molar-refractivity contribution in [1.29, 1.82) is 0 Å². The summed E-state index contributed by atoms with van der Waals surface area (Å²) in [5.41, 5.74) is 0.820. The van der Waals surface area contributed by atoms with Gasteiger partial charge >= 0.3 is 0 Å². The number of anilines is 2. The fourth-order valence-electron chi connectivity index (χ4n) is 3.01. The van der Waals surface area contributed by atoms with Crippen molar-refractivity contribution in [3.05, 3.63) is 36.3 Å². The average molecular weight is 340 g/mol. The van der Waals surface area contributed by atoms with Gasteiger partial charge in [0.2, 0.25) is 5.91 Å². The van der Waals surface area contributed by atoms with Gasteiger partial charge in [0.05, 0.1) is 5.69 Å². The van der Waals surface area contributed by atoms with E-state index in [0.717, 1.165) is 37.8 Å². The number of allylic oxidation sites excluding steroid dienone is 2. The summed E-state index contributed by atoms with van der Waals surface area (Å²) in [5.74, 6) is 2.04. The maximum Gasteiger partial charge on any atom is 0.228 e. The van der Waals surface area contributed by atoms with Gasteiger partial charge in [-0.1, -0.05) is 12.2 Å². The van der Waals surface area contributed by atoms with Crippen LogP contribution in [0.3, 0.4) is 0 Å². The second-order valence-corrected chi connectivity index (χ2v) is 6.26. The number of aryl methyl sites for hydroxylation is 1. The van der Waals surface area contributed by atoms with E-state index in [9.17, 15) is 4.79 Å². The molecule has 0 saturated carbocycles. The molecular formula is C18H24N6O. The van der Waals surface area contributed by atoms with Gasteiger partial charge in [0.15, 0.2) is 5.82 Å². The summed E-state index contributed by atoms with van der Waals surface area (Å²) in [6, 6.07) is 3.66. The molecule has 2 heterocycles. The molecule has 3 rings (SSSR count). The molecule has 1 aliphatic carbocycles. The van der Waals surface area contributed by atoms with E-state index in [-0.39, 0.29) is 11.8 Å². The van der Waals surface area contributed by atoms with E-state index in [1.165, 1.54) is 6.33 Å². The number of carbonyl (C=O) groups is 1. The van der Waals surface area contributed by atoms with Crippen LogP contribution in [-0.2, 0) is 4.79 Å². The third-order valence-electron chi connectivity index (χ3n) is 4.35. The number of rotatable bonds is 4. The number of carbonyl (C=O) groups excluding carboxylic acids is 1. The van der Waals surface area contributed by atoms with Crippen molar-refractivity contribution in [3.8, 4) is 5.82 Å². The van der Waals surface area contributed by atoms with Gasteiger partial charge in [0, 0.05) is 25.1 Å². The van der Waals surface area contributed by atoms with Gasteiger partial charge in [-0.3, -0.25) is 4.79 Å². The molecule has 0 bridgehead atoms. The van der Waals surface area contributed by atoms with E-state index in [1.807, 2.05) is 13.0 Å². The minimum atomic E-state index is 0.0341. The highest BCUT2D eigenvalue weighted by Gasteiger charge is 2.20. The van der Waals surface area contributed by atoms with Crippen LogP contribution in [0.5, 0.6) is 0 Å². The molecule has 0 aliphatic heterocycles. The van der Waals surface area contributed by atoms with Gasteiger partial charge in [-0.2, -0.15) is 9.78 Å². The van der Waals surface area contributed by atoms with Crippen molar-refractivity contribution in [2.75, 3.05) is 17.7 Å². The second-order valence-electron chi connectivity index (χ2n) is 6.26. The van der Waals surface area contributed by atoms with Crippen LogP contribution in [0.2, 0.25) is 0 Å². The summed E-state index contributed by atoms with van der Waals surface area (Å²) < 4.78 is 1.65. The first-order valence-corrected chi connectivity index (χ1v) is 8.70. The van der Waals surface area contributed by atoms with E-state index < -0.39 is 0 Å². The highest BCUT2D eigenvalue weighted by atomic mass is 16.2. The lowest BCUT2D eigenvalue weighted by atomic mass is 9.93. The fourth-order valence-corrected chi connectivity index (χ4v) is 3.01. The van der Waals surface area contributed by atoms with Gasteiger partial charge in [0.25, 0.3) is 0 Å². The first kappa shape index (κ1) is 17.1. The normalized spacial score (nSPS) is 17.6. The van der Waals surface area contributed by atoms with Crippen molar-refractivity contribution in [3.63, 3.8) is 0 Å². The van der Waals surface area contributed by atoms with Gasteiger partial charge in [-0.25, -0.2) is 9.97 Å². The Morgan fingerprint density at radius 2 is 2.04 bits per heavy atom. The number of hydrogen-bond donors (Lipinski definition) is 2. The van der Waals surface area contributed by atoms with E-state index >= 15 is 0 Å². The molecular weight excluding hydrogens is 316 g/mol. The van der Waals surface area contributed by atoms with Gasteiger partial charge in [0.1, 0.15) is 18.0 Å². The van der Waals surface area contributed by atoms with Crippen LogP contribution in [0.15, 0.2) is 30.6 Å².